The molecule has 1 aromatic carbocycles. The molecule has 0 aliphatic carbocycles. The van der Waals surface area contributed by atoms with E-state index in [2.05, 4.69) is 17.3 Å². The van der Waals surface area contributed by atoms with Gasteiger partial charge < -0.3 is 5.32 Å². The Morgan fingerprint density at radius 3 is 2.52 bits per heavy atom. The van der Waals surface area contributed by atoms with Crippen LogP contribution in [0.1, 0.15) is 63.0 Å². The lowest BCUT2D eigenvalue weighted by molar-refractivity contribution is 0.0947. The molecule has 2 rings (SSSR count). The summed E-state index contributed by atoms with van der Waals surface area (Å²) in [5.74, 6) is -0.216. The summed E-state index contributed by atoms with van der Waals surface area (Å²) in [5, 5.41) is 8.37. The van der Waals surface area contributed by atoms with Gasteiger partial charge in [-0.2, -0.15) is 5.10 Å². The molecule has 1 aromatic heterocycles. The third-order valence-corrected chi connectivity index (χ3v) is 3.85. The van der Waals surface area contributed by atoms with Crippen molar-refractivity contribution in [2.24, 2.45) is 0 Å². The minimum absolute atomic E-state index is 0.0942. The fraction of sp³-hybridized carbons (Fsp3) is 0.500. The summed E-state index contributed by atoms with van der Waals surface area (Å²) in [4.78, 5) is 24.9. The third-order valence-electron chi connectivity index (χ3n) is 3.85. The van der Waals surface area contributed by atoms with Gasteiger partial charge in [0.15, 0.2) is 5.69 Å². The number of rotatable bonds is 7. The zero-order valence-electron chi connectivity index (χ0n) is 14.1. The molecule has 23 heavy (non-hydrogen) atoms. The van der Waals surface area contributed by atoms with Crippen LogP contribution in [0.5, 0.6) is 0 Å². The van der Waals surface area contributed by atoms with Crippen LogP contribution in [0.25, 0.3) is 10.8 Å². The average Bonchev–Trinajstić information content (AvgIpc) is 2.54. The van der Waals surface area contributed by atoms with Crippen molar-refractivity contribution in [1.29, 1.82) is 0 Å². The van der Waals surface area contributed by atoms with E-state index in [1.807, 2.05) is 19.9 Å². The van der Waals surface area contributed by atoms with Gasteiger partial charge in [0, 0.05) is 11.9 Å². The molecule has 5 heteroatoms. The van der Waals surface area contributed by atoms with Gasteiger partial charge in [-0.05, 0) is 26.3 Å². The molecule has 0 aliphatic heterocycles. The number of fused-ring (bicyclic) bond motifs is 1. The quantitative estimate of drug-likeness (QED) is 0.797. The maximum atomic E-state index is 12.5. The van der Waals surface area contributed by atoms with E-state index in [0.29, 0.717) is 23.0 Å². The van der Waals surface area contributed by atoms with Crippen LogP contribution in [-0.4, -0.2) is 22.2 Å². The standard InChI is InChI=1S/C18H25N3O2/c1-4-5-6-9-12-19-17(22)16-14-10-7-8-11-15(14)18(23)21(20-16)13(2)3/h7-8,10-11,13H,4-6,9,12H2,1-3H3,(H,19,22). The summed E-state index contributed by atoms with van der Waals surface area (Å²) in [6, 6.07) is 7.06. The normalized spacial score (nSPS) is 11.1. The first-order valence-electron chi connectivity index (χ1n) is 8.36. The summed E-state index contributed by atoms with van der Waals surface area (Å²) >= 11 is 0. The van der Waals surface area contributed by atoms with Gasteiger partial charge in [0.25, 0.3) is 11.5 Å². The zero-order chi connectivity index (χ0) is 16.8. The molecule has 0 saturated carbocycles. The van der Waals surface area contributed by atoms with Crippen molar-refractivity contribution >= 4 is 16.7 Å². The third kappa shape index (κ3) is 3.97. The summed E-state index contributed by atoms with van der Waals surface area (Å²) in [6.45, 7) is 6.56. The molecule has 5 nitrogen and oxygen atoms in total. The van der Waals surface area contributed by atoms with Crippen LogP contribution in [0.4, 0.5) is 0 Å². The van der Waals surface area contributed by atoms with Gasteiger partial charge in [-0.3, -0.25) is 9.59 Å². The molecule has 1 N–H and O–H groups in total. The van der Waals surface area contributed by atoms with E-state index in [9.17, 15) is 9.59 Å². The largest absolute Gasteiger partial charge is 0.351 e. The Balaban J connectivity index is 2.30. The van der Waals surface area contributed by atoms with Gasteiger partial charge in [0.05, 0.1) is 11.4 Å². The molecule has 0 aliphatic rings. The van der Waals surface area contributed by atoms with Gasteiger partial charge >= 0.3 is 0 Å². The van der Waals surface area contributed by atoms with E-state index < -0.39 is 0 Å². The number of aromatic nitrogens is 2. The summed E-state index contributed by atoms with van der Waals surface area (Å²) in [6.07, 6.45) is 4.41. The van der Waals surface area contributed by atoms with E-state index >= 15 is 0 Å². The Bertz CT molecular complexity index is 735. The molecule has 0 bridgehead atoms. The molecule has 2 aromatic rings. The molecule has 1 amide bonds. The van der Waals surface area contributed by atoms with E-state index in [-0.39, 0.29) is 17.5 Å². The molecular formula is C18H25N3O2. The molecule has 0 unspecified atom stereocenters. The van der Waals surface area contributed by atoms with E-state index in [1.54, 1.807) is 18.2 Å². The Morgan fingerprint density at radius 1 is 1.17 bits per heavy atom. The molecule has 1 heterocycles. The second-order valence-corrected chi connectivity index (χ2v) is 6.05. The fourth-order valence-corrected chi connectivity index (χ4v) is 2.56. The predicted octanol–water partition coefficient (Wildman–Crippen LogP) is 3.29. The minimum atomic E-state index is -0.216. The van der Waals surface area contributed by atoms with Crippen molar-refractivity contribution in [1.82, 2.24) is 15.1 Å². The predicted molar refractivity (Wildman–Crippen MR) is 92.9 cm³/mol. The monoisotopic (exact) mass is 315 g/mol. The van der Waals surface area contributed by atoms with Crippen molar-refractivity contribution in [2.75, 3.05) is 6.54 Å². The topological polar surface area (TPSA) is 64.0 Å². The van der Waals surface area contributed by atoms with Crippen LogP contribution in [0.15, 0.2) is 29.1 Å². The van der Waals surface area contributed by atoms with Crippen molar-refractivity contribution < 1.29 is 4.79 Å². The summed E-state index contributed by atoms with van der Waals surface area (Å²) < 4.78 is 1.38. The van der Waals surface area contributed by atoms with E-state index in [1.165, 1.54) is 17.5 Å². The SMILES string of the molecule is CCCCCCNC(=O)c1nn(C(C)C)c(=O)c2ccccc12. The number of hydrogen-bond donors (Lipinski definition) is 1. The number of nitrogens with zero attached hydrogens (tertiary/aromatic N) is 2. The summed E-state index contributed by atoms with van der Waals surface area (Å²) in [5.41, 5.74) is 0.166. The van der Waals surface area contributed by atoms with E-state index in [0.717, 1.165) is 12.8 Å². The lowest BCUT2D eigenvalue weighted by Gasteiger charge is -2.13. The van der Waals surface area contributed by atoms with Gasteiger partial charge in [0.2, 0.25) is 0 Å². The molecule has 0 fully saturated rings. The first-order valence-corrected chi connectivity index (χ1v) is 8.36. The second-order valence-electron chi connectivity index (χ2n) is 6.05. The van der Waals surface area contributed by atoms with Crippen molar-refractivity contribution in [3.63, 3.8) is 0 Å². The maximum absolute atomic E-state index is 12.5. The highest BCUT2D eigenvalue weighted by atomic mass is 16.2. The van der Waals surface area contributed by atoms with Crippen molar-refractivity contribution in [3.8, 4) is 0 Å². The zero-order valence-corrected chi connectivity index (χ0v) is 14.1. The number of unbranched alkanes of at least 4 members (excludes halogenated alkanes) is 3. The Hall–Kier alpha value is -2.17. The molecular weight excluding hydrogens is 290 g/mol. The van der Waals surface area contributed by atoms with Crippen molar-refractivity contribution in [3.05, 3.63) is 40.3 Å². The molecule has 124 valence electrons. The number of carbonyl (C=O) groups excluding carboxylic acids is 1. The smallest absolute Gasteiger partial charge is 0.274 e. The highest BCUT2D eigenvalue weighted by molar-refractivity contribution is 6.04. The molecule has 0 saturated heterocycles. The Morgan fingerprint density at radius 2 is 1.87 bits per heavy atom. The number of benzene rings is 1. The summed E-state index contributed by atoms with van der Waals surface area (Å²) in [7, 11) is 0. The first-order chi connectivity index (χ1) is 11.1. The Kier molecular flexibility index (Phi) is 5.90. The second kappa shape index (κ2) is 7.90. The van der Waals surface area contributed by atoms with Crippen LogP contribution >= 0.6 is 0 Å². The van der Waals surface area contributed by atoms with Crippen LogP contribution in [0, 0.1) is 0 Å². The van der Waals surface area contributed by atoms with Gasteiger partial charge in [0.1, 0.15) is 0 Å². The first kappa shape index (κ1) is 17.2. The number of hydrogen-bond acceptors (Lipinski definition) is 3. The highest BCUT2D eigenvalue weighted by Gasteiger charge is 2.17. The fourth-order valence-electron chi connectivity index (χ4n) is 2.56. The highest BCUT2D eigenvalue weighted by Crippen LogP contribution is 2.14. The average molecular weight is 315 g/mol. The van der Waals surface area contributed by atoms with Gasteiger partial charge in [-0.1, -0.05) is 44.4 Å². The molecule has 0 atom stereocenters. The van der Waals surface area contributed by atoms with Crippen molar-refractivity contribution in [2.45, 2.75) is 52.5 Å². The maximum Gasteiger partial charge on any atom is 0.274 e. The lowest BCUT2D eigenvalue weighted by atomic mass is 10.1. The molecule has 0 radical (unpaired) electrons. The number of amides is 1. The van der Waals surface area contributed by atoms with Gasteiger partial charge in [-0.15, -0.1) is 0 Å². The van der Waals surface area contributed by atoms with Gasteiger partial charge in [-0.25, -0.2) is 4.68 Å². The molecule has 0 spiro atoms. The minimum Gasteiger partial charge on any atom is -0.351 e. The van der Waals surface area contributed by atoms with E-state index in [4.69, 9.17) is 0 Å². The Labute approximate surface area is 136 Å². The van der Waals surface area contributed by atoms with Crippen LogP contribution in [0.2, 0.25) is 0 Å². The lowest BCUT2D eigenvalue weighted by Crippen LogP contribution is -2.32. The number of nitrogens with one attached hydrogen (secondary N) is 1. The number of carbonyl (C=O) groups is 1. The van der Waals surface area contributed by atoms with Crippen LogP contribution in [0.3, 0.4) is 0 Å². The van der Waals surface area contributed by atoms with Crippen LogP contribution in [-0.2, 0) is 0 Å². The van der Waals surface area contributed by atoms with Crippen LogP contribution < -0.4 is 10.9 Å².